The number of likely N-dealkylation sites (tertiary alicyclic amines) is 1. The van der Waals surface area contributed by atoms with Gasteiger partial charge in [-0.3, -0.25) is 0 Å². The van der Waals surface area contributed by atoms with E-state index in [2.05, 4.69) is 16.6 Å². The van der Waals surface area contributed by atoms with Gasteiger partial charge in [0.25, 0.3) is 0 Å². The van der Waals surface area contributed by atoms with Gasteiger partial charge in [0.15, 0.2) is 0 Å². The van der Waals surface area contributed by atoms with Gasteiger partial charge in [-0.2, -0.15) is 4.31 Å². The molecule has 2 heterocycles. The summed E-state index contributed by atoms with van der Waals surface area (Å²) in [5, 5.41) is 0. The third kappa shape index (κ3) is 5.14. The Balaban J connectivity index is 1.64. The van der Waals surface area contributed by atoms with Crippen LogP contribution >= 0.6 is 0 Å². The molecule has 27 heavy (non-hydrogen) atoms. The molecule has 2 fully saturated rings. The molecule has 152 valence electrons. The summed E-state index contributed by atoms with van der Waals surface area (Å²) in [6.45, 7) is 5.11. The first-order valence-corrected chi connectivity index (χ1v) is 10.7. The molecule has 0 saturated carbocycles. The predicted octanol–water partition coefficient (Wildman–Crippen LogP) is 3.47. The minimum absolute atomic E-state index is 0.172. The Labute approximate surface area is 158 Å². The van der Waals surface area contributed by atoms with Crippen LogP contribution in [-0.2, 0) is 10.0 Å². The molecule has 0 aliphatic carbocycles. The first kappa shape index (κ1) is 20.4. The first-order chi connectivity index (χ1) is 12.6. The molecule has 1 aromatic carbocycles. The van der Waals surface area contributed by atoms with Gasteiger partial charge in [0.05, 0.1) is 4.90 Å². The van der Waals surface area contributed by atoms with Crippen molar-refractivity contribution in [2.24, 2.45) is 5.92 Å². The highest BCUT2D eigenvalue weighted by atomic mass is 32.2. The van der Waals surface area contributed by atoms with E-state index in [1.807, 2.05) is 0 Å². The van der Waals surface area contributed by atoms with Gasteiger partial charge < -0.3 is 9.64 Å². The van der Waals surface area contributed by atoms with Crippen molar-refractivity contribution in [3.63, 3.8) is 0 Å². The fourth-order valence-corrected chi connectivity index (χ4v) is 5.33. The number of alkyl halides is 3. The van der Waals surface area contributed by atoms with E-state index < -0.39 is 22.1 Å². The largest absolute Gasteiger partial charge is 0.573 e. The second-order valence-corrected chi connectivity index (χ2v) is 9.31. The van der Waals surface area contributed by atoms with E-state index in [0.29, 0.717) is 19.1 Å². The molecule has 0 atom stereocenters. The van der Waals surface area contributed by atoms with Crippen LogP contribution in [0.4, 0.5) is 13.2 Å². The summed E-state index contributed by atoms with van der Waals surface area (Å²) in [7, 11) is -3.84. The summed E-state index contributed by atoms with van der Waals surface area (Å²) in [5.41, 5.74) is 0. The smallest absolute Gasteiger partial charge is 0.406 e. The predicted molar refractivity (Wildman–Crippen MR) is 94.9 cm³/mol. The standard InChI is InChI=1S/C18H25F3N2O3S/c1-14-5-9-22(10-6-14)15-7-11-23(12-8-15)27(24,25)17-4-2-3-16(13-17)26-18(19,20)21/h2-4,13-15H,5-12H2,1H3. The Morgan fingerprint density at radius 2 is 1.67 bits per heavy atom. The molecule has 0 N–H and O–H groups in total. The van der Waals surface area contributed by atoms with Crippen LogP contribution in [0.2, 0.25) is 0 Å². The number of hydrogen-bond acceptors (Lipinski definition) is 4. The number of benzene rings is 1. The molecule has 5 nitrogen and oxygen atoms in total. The molecule has 0 amide bonds. The van der Waals surface area contributed by atoms with Crippen molar-refractivity contribution in [3.05, 3.63) is 24.3 Å². The summed E-state index contributed by atoms with van der Waals surface area (Å²) < 4.78 is 68.0. The lowest BCUT2D eigenvalue weighted by atomic mass is 9.95. The summed E-state index contributed by atoms with van der Waals surface area (Å²) in [6.07, 6.45) is -1.03. The molecule has 2 aliphatic heterocycles. The average molecular weight is 406 g/mol. The van der Waals surface area contributed by atoms with Crippen LogP contribution in [0.1, 0.15) is 32.6 Å². The molecule has 2 saturated heterocycles. The first-order valence-electron chi connectivity index (χ1n) is 9.25. The van der Waals surface area contributed by atoms with Gasteiger partial charge in [-0.25, -0.2) is 8.42 Å². The van der Waals surface area contributed by atoms with Gasteiger partial charge in [0.1, 0.15) is 5.75 Å². The van der Waals surface area contributed by atoms with E-state index in [1.54, 1.807) is 0 Å². The van der Waals surface area contributed by atoms with Gasteiger partial charge in [-0.1, -0.05) is 13.0 Å². The number of rotatable bonds is 4. The SMILES string of the molecule is CC1CCN(C2CCN(S(=O)(=O)c3cccc(OC(F)(F)F)c3)CC2)CC1. The maximum Gasteiger partial charge on any atom is 0.573 e. The summed E-state index contributed by atoms with van der Waals surface area (Å²) in [6, 6.07) is 4.97. The molecule has 0 bridgehead atoms. The number of hydrogen-bond donors (Lipinski definition) is 0. The van der Waals surface area contributed by atoms with Gasteiger partial charge in [-0.15, -0.1) is 13.2 Å². The van der Waals surface area contributed by atoms with Gasteiger partial charge in [-0.05, 0) is 56.8 Å². The third-order valence-electron chi connectivity index (χ3n) is 5.43. The van der Waals surface area contributed by atoms with E-state index in [-0.39, 0.29) is 4.90 Å². The molecular formula is C18H25F3N2O3S. The molecule has 0 unspecified atom stereocenters. The Kier molecular flexibility index (Phi) is 6.02. The highest BCUT2D eigenvalue weighted by Crippen LogP contribution is 2.29. The van der Waals surface area contributed by atoms with Gasteiger partial charge in [0, 0.05) is 25.2 Å². The van der Waals surface area contributed by atoms with Crippen LogP contribution in [0.5, 0.6) is 5.75 Å². The molecule has 3 rings (SSSR count). The molecule has 1 aromatic rings. The number of halogens is 3. The Hall–Kier alpha value is -1.32. The van der Waals surface area contributed by atoms with Crippen molar-refractivity contribution in [3.8, 4) is 5.75 Å². The van der Waals surface area contributed by atoms with Crippen LogP contribution in [0.15, 0.2) is 29.2 Å². The highest BCUT2D eigenvalue weighted by molar-refractivity contribution is 7.89. The quantitative estimate of drug-likeness (QED) is 0.768. The molecule has 9 heteroatoms. The van der Waals surface area contributed by atoms with Crippen LogP contribution in [0.25, 0.3) is 0 Å². The minimum atomic E-state index is -4.85. The molecule has 0 spiro atoms. The average Bonchev–Trinajstić information content (AvgIpc) is 2.61. The van der Waals surface area contributed by atoms with Crippen LogP contribution in [0.3, 0.4) is 0 Å². The second kappa shape index (κ2) is 7.97. The lowest BCUT2D eigenvalue weighted by Gasteiger charge is -2.41. The maximum atomic E-state index is 12.8. The van der Waals surface area contributed by atoms with Gasteiger partial charge in [0.2, 0.25) is 10.0 Å². The van der Waals surface area contributed by atoms with Crippen molar-refractivity contribution in [1.29, 1.82) is 0 Å². The van der Waals surface area contributed by atoms with Crippen molar-refractivity contribution in [2.45, 2.75) is 49.9 Å². The summed E-state index contributed by atoms with van der Waals surface area (Å²) >= 11 is 0. The fourth-order valence-electron chi connectivity index (χ4n) is 3.82. The monoisotopic (exact) mass is 406 g/mol. The van der Waals surface area contributed by atoms with E-state index in [9.17, 15) is 21.6 Å². The molecular weight excluding hydrogens is 381 g/mol. The molecule has 0 aromatic heterocycles. The Morgan fingerprint density at radius 3 is 2.26 bits per heavy atom. The van der Waals surface area contributed by atoms with E-state index in [0.717, 1.165) is 44.0 Å². The van der Waals surface area contributed by atoms with E-state index >= 15 is 0 Å². The van der Waals surface area contributed by atoms with Gasteiger partial charge >= 0.3 is 6.36 Å². The van der Waals surface area contributed by atoms with E-state index in [1.165, 1.54) is 29.3 Å². The van der Waals surface area contributed by atoms with Crippen molar-refractivity contribution >= 4 is 10.0 Å². The summed E-state index contributed by atoms with van der Waals surface area (Å²) in [5.74, 6) is 0.216. The maximum absolute atomic E-state index is 12.8. The Bertz CT molecular complexity index is 738. The molecule has 0 radical (unpaired) electrons. The number of nitrogens with zero attached hydrogens (tertiary/aromatic N) is 2. The summed E-state index contributed by atoms with van der Waals surface area (Å²) in [4.78, 5) is 2.27. The lowest BCUT2D eigenvalue weighted by Crippen LogP contribution is -2.48. The van der Waals surface area contributed by atoms with Crippen LogP contribution in [-0.4, -0.2) is 56.2 Å². The second-order valence-electron chi connectivity index (χ2n) is 7.38. The van der Waals surface area contributed by atoms with Crippen LogP contribution in [0, 0.1) is 5.92 Å². The number of ether oxygens (including phenoxy) is 1. The van der Waals surface area contributed by atoms with E-state index in [4.69, 9.17) is 0 Å². The lowest BCUT2D eigenvalue weighted by molar-refractivity contribution is -0.274. The topological polar surface area (TPSA) is 49.9 Å². The van der Waals surface area contributed by atoms with Crippen molar-refractivity contribution < 1.29 is 26.3 Å². The third-order valence-corrected chi connectivity index (χ3v) is 7.33. The highest BCUT2D eigenvalue weighted by Gasteiger charge is 2.34. The van der Waals surface area contributed by atoms with Crippen molar-refractivity contribution in [2.75, 3.05) is 26.2 Å². The number of sulfonamides is 1. The fraction of sp³-hybridized carbons (Fsp3) is 0.667. The normalized spacial score (nSPS) is 22.1. The van der Waals surface area contributed by atoms with Crippen LogP contribution < -0.4 is 4.74 Å². The molecule has 2 aliphatic rings. The zero-order valence-electron chi connectivity index (χ0n) is 15.3. The zero-order chi connectivity index (χ0) is 19.7. The Morgan fingerprint density at radius 1 is 1.04 bits per heavy atom. The minimum Gasteiger partial charge on any atom is -0.406 e. The zero-order valence-corrected chi connectivity index (χ0v) is 16.1. The van der Waals surface area contributed by atoms with Crippen molar-refractivity contribution in [1.82, 2.24) is 9.21 Å². The number of piperidine rings is 2.